The monoisotopic (exact) mass is 316 g/mol. The minimum Gasteiger partial charge on any atom is -0.493 e. The molecule has 0 radical (unpaired) electrons. The average Bonchev–Trinajstić information content (AvgIpc) is 2.59. The molecule has 1 aromatic heterocycles. The van der Waals surface area contributed by atoms with Gasteiger partial charge in [0.2, 0.25) is 0 Å². The minimum absolute atomic E-state index is 0.0335. The predicted molar refractivity (Wildman–Crippen MR) is 87.1 cm³/mol. The Hall–Kier alpha value is -2.60. The van der Waals surface area contributed by atoms with Gasteiger partial charge >= 0.3 is 0 Å². The Balaban J connectivity index is 2.37. The number of pyridine rings is 1. The molecule has 0 aliphatic carbocycles. The highest BCUT2D eigenvalue weighted by atomic mass is 16.5. The van der Waals surface area contributed by atoms with Crippen LogP contribution in [0, 0.1) is 0 Å². The third-order valence-corrected chi connectivity index (χ3v) is 3.42. The molecule has 1 aromatic carbocycles. The lowest BCUT2D eigenvalue weighted by Gasteiger charge is -2.16. The Kier molecular flexibility index (Phi) is 5.94. The zero-order valence-electron chi connectivity index (χ0n) is 13.2. The Labute approximate surface area is 135 Å². The highest BCUT2D eigenvalue weighted by Gasteiger charge is 2.19. The molecule has 0 bridgehead atoms. The molecule has 23 heavy (non-hydrogen) atoms. The number of aliphatic hydroxyl groups is 1. The summed E-state index contributed by atoms with van der Waals surface area (Å²) in [4.78, 5) is 16.5. The fraction of sp³-hybridized carbons (Fsp3) is 0.294. The number of nitrogens with one attached hydrogen (secondary N) is 1. The summed E-state index contributed by atoms with van der Waals surface area (Å²) in [7, 11) is 3.08. The van der Waals surface area contributed by atoms with E-state index in [1.807, 2.05) is 0 Å². The quantitative estimate of drug-likeness (QED) is 0.819. The number of aromatic nitrogens is 1. The smallest absolute Gasteiger partial charge is 0.256 e. The largest absolute Gasteiger partial charge is 0.493 e. The van der Waals surface area contributed by atoms with Gasteiger partial charge in [-0.05, 0) is 37.1 Å². The van der Waals surface area contributed by atoms with Gasteiger partial charge in [-0.1, -0.05) is 0 Å². The van der Waals surface area contributed by atoms with Crippen LogP contribution < -0.4 is 14.8 Å². The van der Waals surface area contributed by atoms with E-state index in [-0.39, 0.29) is 12.5 Å². The second-order valence-electron chi connectivity index (χ2n) is 4.84. The number of benzene rings is 1. The summed E-state index contributed by atoms with van der Waals surface area (Å²) in [5, 5.41) is 11.9. The van der Waals surface area contributed by atoms with E-state index in [4.69, 9.17) is 14.6 Å². The Morgan fingerprint density at radius 3 is 2.52 bits per heavy atom. The first-order valence-corrected chi connectivity index (χ1v) is 7.27. The lowest BCUT2D eigenvalue weighted by atomic mass is 10.00. The molecule has 1 heterocycles. The number of ether oxygens (including phenoxy) is 2. The predicted octanol–water partition coefficient (Wildman–Crippen LogP) is 2.28. The maximum atomic E-state index is 12.6. The van der Waals surface area contributed by atoms with Crippen molar-refractivity contribution in [2.45, 2.75) is 12.8 Å². The average molecular weight is 316 g/mol. The van der Waals surface area contributed by atoms with Crippen molar-refractivity contribution in [3.05, 3.63) is 47.8 Å². The Bertz CT molecular complexity index is 659. The van der Waals surface area contributed by atoms with Gasteiger partial charge in [0.05, 0.1) is 14.2 Å². The number of carbonyl (C=O) groups excluding carboxylic acids is 1. The van der Waals surface area contributed by atoms with Crippen molar-refractivity contribution < 1.29 is 19.4 Å². The highest BCUT2D eigenvalue weighted by molar-refractivity contribution is 6.05. The summed E-state index contributed by atoms with van der Waals surface area (Å²) < 4.78 is 10.7. The first-order chi connectivity index (χ1) is 11.2. The number of methoxy groups -OCH3 is 2. The maximum Gasteiger partial charge on any atom is 0.256 e. The molecule has 2 N–H and O–H groups in total. The topological polar surface area (TPSA) is 80.7 Å². The van der Waals surface area contributed by atoms with E-state index in [9.17, 15) is 4.79 Å². The van der Waals surface area contributed by atoms with Crippen LogP contribution in [-0.4, -0.2) is 36.8 Å². The van der Waals surface area contributed by atoms with Crippen molar-refractivity contribution in [1.29, 1.82) is 0 Å². The van der Waals surface area contributed by atoms with Gasteiger partial charge in [-0.3, -0.25) is 9.78 Å². The third-order valence-electron chi connectivity index (χ3n) is 3.42. The number of rotatable bonds is 7. The SMILES string of the molecule is COc1ccc(C(=O)Nc2ccncc2)c(CCCO)c1OC. The summed E-state index contributed by atoms with van der Waals surface area (Å²) >= 11 is 0. The van der Waals surface area contributed by atoms with Crippen LogP contribution in [0.2, 0.25) is 0 Å². The normalized spacial score (nSPS) is 10.2. The molecule has 0 aliphatic rings. The van der Waals surface area contributed by atoms with Gasteiger partial charge in [0, 0.05) is 35.8 Å². The summed E-state index contributed by atoms with van der Waals surface area (Å²) in [5.41, 5.74) is 1.87. The van der Waals surface area contributed by atoms with Crippen LogP contribution in [0.15, 0.2) is 36.7 Å². The van der Waals surface area contributed by atoms with Crippen molar-refractivity contribution in [2.24, 2.45) is 0 Å². The molecule has 1 amide bonds. The molecule has 0 fully saturated rings. The van der Waals surface area contributed by atoms with Crippen molar-refractivity contribution >= 4 is 11.6 Å². The molecule has 0 saturated carbocycles. The molecule has 0 aliphatic heterocycles. The van der Waals surface area contributed by atoms with E-state index in [1.165, 1.54) is 7.11 Å². The molecular weight excluding hydrogens is 296 g/mol. The van der Waals surface area contributed by atoms with Crippen LogP contribution in [0.5, 0.6) is 11.5 Å². The van der Waals surface area contributed by atoms with Gasteiger partial charge in [-0.25, -0.2) is 0 Å². The number of amides is 1. The summed E-state index contributed by atoms with van der Waals surface area (Å²) in [5.74, 6) is 0.828. The maximum absolute atomic E-state index is 12.6. The van der Waals surface area contributed by atoms with Crippen molar-refractivity contribution in [2.75, 3.05) is 26.1 Å². The van der Waals surface area contributed by atoms with Gasteiger partial charge in [0.1, 0.15) is 0 Å². The van der Waals surface area contributed by atoms with E-state index >= 15 is 0 Å². The molecule has 6 nitrogen and oxygen atoms in total. The molecule has 6 heteroatoms. The number of nitrogens with zero attached hydrogens (tertiary/aromatic N) is 1. The van der Waals surface area contributed by atoms with Crippen LogP contribution >= 0.6 is 0 Å². The molecule has 2 aromatic rings. The molecular formula is C17H20N2O4. The molecule has 0 spiro atoms. The van der Waals surface area contributed by atoms with Gasteiger partial charge < -0.3 is 19.9 Å². The molecule has 0 saturated heterocycles. The summed E-state index contributed by atoms with van der Waals surface area (Å²) in [6.45, 7) is 0.0335. The first-order valence-electron chi connectivity index (χ1n) is 7.27. The van der Waals surface area contributed by atoms with Crippen molar-refractivity contribution in [1.82, 2.24) is 4.98 Å². The number of anilines is 1. The second-order valence-corrected chi connectivity index (χ2v) is 4.84. The number of hydrogen-bond acceptors (Lipinski definition) is 5. The lowest BCUT2D eigenvalue weighted by molar-refractivity contribution is 0.102. The van der Waals surface area contributed by atoms with Crippen LogP contribution in [0.1, 0.15) is 22.3 Å². The Morgan fingerprint density at radius 2 is 1.91 bits per heavy atom. The molecule has 0 unspecified atom stereocenters. The van der Waals surface area contributed by atoms with E-state index in [0.717, 1.165) is 0 Å². The van der Waals surface area contributed by atoms with Gasteiger partial charge in [-0.15, -0.1) is 0 Å². The Morgan fingerprint density at radius 1 is 1.17 bits per heavy atom. The second kappa shape index (κ2) is 8.14. The standard InChI is InChI=1S/C17H20N2O4/c1-22-15-6-5-14(13(4-3-11-20)16(15)23-2)17(21)19-12-7-9-18-10-8-12/h5-10,20H,3-4,11H2,1-2H3,(H,18,19,21). The van der Waals surface area contributed by atoms with Crippen LogP contribution in [0.3, 0.4) is 0 Å². The molecule has 0 atom stereocenters. The third kappa shape index (κ3) is 3.98. The molecule has 2 rings (SSSR count). The van der Waals surface area contributed by atoms with Crippen molar-refractivity contribution in [3.63, 3.8) is 0 Å². The fourth-order valence-electron chi connectivity index (χ4n) is 2.34. The number of hydrogen-bond donors (Lipinski definition) is 2. The van der Waals surface area contributed by atoms with Crippen molar-refractivity contribution in [3.8, 4) is 11.5 Å². The van der Waals surface area contributed by atoms with E-state index in [0.29, 0.717) is 41.2 Å². The summed E-state index contributed by atoms with van der Waals surface area (Å²) in [6.07, 6.45) is 4.25. The van der Waals surface area contributed by atoms with Crippen LogP contribution in [-0.2, 0) is 6.42 Å². The highest BCUT2D eigenvalue weighted by Crippen LogP contribution is 2.34. The fourth-order valence-corrected chi connectivity index (χ4v) is 2.34. The first kappa shape index (κ1) is 16.8. The lowest BCUT2D eigenvalue weighted by Crippen LogP contribution is -2.15. The minimum atomic E-state index is -0.245. The zero-order valence-corrected chi connectivity index (χ0v) is 13.2. The van der Waals surface area contributed by atoms with Gasteiger partial charge in [0.15, 0.2) is 11.5 Å². The van der Waals surface area contributed by atoms with E-state index in [1.54, 1.807) is 43.8 Å². The zero-order chi connectivity index (χ0) is 16.7. The number of aliphatic hydroxyl groups excluding tert-OH is 1. The van der Waals surface area contributed by atoms with Gasteiger partial charge in [0.25, 0.3) is 5.91 Å². The van der Waals surface area contributed by atoms with Crippen LogP contribution in [0.25, 0.3) is 0 Å². The van der Waals surface area contributed by atoms with E-state index < -0.39 is 0 Å². The number of carbonyl (C=O) groups is 1. The molecule has 122 valence electrons. The van der Waals surface area contributed by atoms with Gasteiger partial charge in [-0.2, -0.15) is 0 Å². The summed E-state index contributed by atoms with van der Waals surface area (Å²) in [6, 6.07) is 6.82. The van der Waals surface area contributed by atoms with E-state index in [2.05, 4.69) is 10.3 Å². The van der Waals surface area contributed by atoms with Crippen LogP contribution in [0.4, 0.5) is 5.69 Å².